The number of rotatable bonds is 13. The second-order valence-corrected chi connectivity index (χ2v) is 17.6. The van der Waals surface area contributed by atoms with Crippen LogP contribution < -0.4 is 0 Å². The molecule has 3 unspecified atom stereocenters. The van der Waals surface area contributed by atoms with Crippen molar-refractivity contribution in [2.45, 2.75) is 158 Å². The van der Waals surface area contributed by atoms with Gasteiger partial charge in [-0.3, -0.25) is 34.0 Å². The van der Waals surface area contributed by atoms with E-state index in [2.05, 4.69) is 67.2 Å². The van der Waals surface area contributed by atoms with Crippen molar-refractivity contribution in [3.8, 4) is 0 Å². The Bertz CT molecular complexity index is 1230. The predicted molar refractivity (Wildman–Crippen MR) is 209 cm³/mol. The monoisotopic (exact) mass is 715 g/mol. The minimum Gasteiger partial charge on any atom is -0.459 e. The summed E-state index contributed by atoms with van der Waals surface area (Å²) < 4.78 is 12.0. The molecular formula is C42H74N4O5. The number of hydrogen-bond acceptors (Lipinski definition) is 9. The first-order chi connectivity index (χ1) is 23.7. The molecule has 0 amide bonds. The lowest BCUT2D eigenvalue weighted by molar-refractivity contribution is -0.164. The molecule has 1 heterocycles. The highest BCUT2D eigenvalue weighted by Gasteiger charge is 2.35. The van der Waals surface area contributed by atoms with Gasteiger partial charge in [-0.25, -0.2) is 0 Å². The van der Waals surface area contributed by atoms with Crippen LogP contribution in [0.1, 0.15) is 138 Å². The van der Waals surface area contributed by atoms with E-state index >= 15 is 0 Å². The summed E-state index contributed by atoms with van der Waals surface area (Å²) in [5, 5.41) is 0. The van der Waals surface area contributed by atoms with Crippen LogP contribution in [-0.2, 0) is 25.6 Å². The largest absolute Gasteiger partial charge is 0.459 e. The fraction of sp³-hybridized carbons (Fsp3) is 0.786. The lowest BCUT2D eigenvalue weighted by Gasteiger charge is -2.43. The number of nitrogens with zero attached hydrogens (tertiary/aromatic N) is 4. The van der Waals surface area contributed by atoms with Gasteiger partial charge in [0.1, 0.15) is 23.3 Å². The molecule has 3 atom stereocenters. The molecule has 0 aliphatic carbocycles. The topological polar surface area (TPSA) is 82.6 Å². The van der Waals surface area contributed by atoms with Crippen molar-refractivity contribution < 1.29 is 23.9 Å². The van der Waals surface area contributed by atoms with Crippen LogP contribution in [0.15, 0.2) is 24.3 Å². The lowest BCUT2D eigenvalue weighted by atomic mass is 9.84. The number of ketones is 1. The molecule has 0 aromatic heterocycles. The first-order valence-corrected chi connectivity index (χ1v) is 19.7. The normalized spacial score (nSPS) is 19.0. The van der Waals surface area contributed by atoms with E-state index in [4.69, 9.17) is 9.47 Å². The Balaban J connectivity index is 2.63. The quantitative estimate of drug-likeness (QED) is 0.153. The number of benzene rings is 1. The molecule has 0 bridgehead atoms. The summed E-state index contributed by atoms with van der Waals surface area (Å²) in [7, 11) is 0. The maximum absolute atomic E-state index is 13.8. The summed E-state index contributed by atoms with van der Waals surface area (Å²) in [5.41, 5.74) is 0.735. The Morgan fingerprint density at radius 1 is 0.667 bits per heavy atom. The third kappa shape index (κ3) is 15.7. The summed E-state index contributed by atoms with van der Waals surface area (Å²) in [6.45, 7) is 33.3. The van der Waals surface area contributed by atoms with Crippen LogP contribution in [0, 0.1) is 5.41 Å². The second-order valence-electron chi connectivity index (χ2n) is 17.6. The minimum absolute atomic E-state index is 0.0657. The average molecular weight is 715 g/mol. The average Bonchev–Trinajstić information content (AvgIpc) is 2.99. The predicted octanol–water partition coefficient (Wildman–Crippen LogP) is 7.46. The maximum atomic E-state index is 13.8. The van der Waals surface area contributed by atoms with Gasteiger partial charge in [0.05, 0.1) is 0 Å². The molecule has 1 aromatic carbocycles. The van der Waals surface area contributed by atoms with E-state index < -0.39 is 17.2 Å². The molecule has 1 aliphatic rings. The number of esters is 2. The molecule has 9 heteroatoms. The molecule has 1 aliphatic heterocycles. The maximum Gasteiger partial charge on any atom is 0.323 e. The van der Waals surface area contributed by atoms with Crippen LogP contribution in [0.2, 0.25) is 0 Å². The van der Waals surface area contributed by atoms with Crippen LogP contribution in [0.4, 0.5) is 0 Å². The fourth-order valence-electron chi connectivity index (χ4n) is 7.34. The zero-order chi connectivity index (χ0) is 38.6. The third-order valence-corrected chi connectivity index (χ3v) is 9.69. The first-order valence-electron chi connectivity index (χ1n) is 19.7. The Hall–Kier alpha value is -2.33. The molecule has 1 aromatic rings. The van der Waals surface area contributed by atoms with Gasteiger partial charge in [-0.05, 0) is 84.8 Å². The van der Waals surface area contributed by atoms with Crippen molar-refractivity contribution >= 4 is 17.7 Å². The minimum atomic E-state index is -0.593. The Kier molecular flexibility index (Phi) is 17.8. The van der Waals surface area contributed by atoms with E-state index in [9.17, 15) is 14.4 Å². The molecule has 51 heavy (non-hydrogen) atoms. The SMILES string of the molecule is CCCC(C(=O)OC(C)(C)C)N1CCN(Cc2cccc(C(C)=O)c2)CCN(C(CC)C(C)(C)C)CCN(C(CCC)C(=O)OC(C)(C)C)CC1. The molecule has 2 rings (SSSR count). The summed E-state index contributed by atoms with van der Waals surface area (Å²) in [6.07, 6.45) is 4.14. The van der Waals surface area contributed by atoms with Gasteiger partial charge in [-0.2, -0.15) is 0 Å². The van der Waals surface area contributed by atoms with Crippen molar-refractivity contribution in [1.29, 1.82) is 0 Å². The fourth-order valence-corrected chi connectivity index (χ4v) is 7.34. The van der Waals surface area contributed by atoms with E-state index in [0.717, 1.165) is 63.1 Å². The van der Waals surface area contributed by atoms with E-state index in [1.807, 2.05) is 59.7 Å². The molecule has 0 radical (unpaired) electrons. The Labute approximate surface area is 311 Å². The summed E-state index contributed by atoms with van der Waals surface area (Å²) in [5.74, 6) is -0.298. The van der Waals surface area contributed by atoms with Gasteiger partial charge in [0, 0.05) is 70.5 Å². The Morgan fingerprint density at radius 3 is 1.49 bits per heavy atom. The third-order valence-electron chi connectivity index (χ3n) is 9.69. The van der Waals surface area contributed by atoms with E-state index in [-0.39, 0.29) is 29.2 Å². The van der Waals surface area contributed by atoms with Crippen LogP contribution >= 0.6 is 0 Å². The number of carbonyl (C=O) groups excluding carboxylic acids is 3. The van der Waals surface area contributed by atoms with Crippen LogP contribution in [0.25, 0.3) is 0 Å². The van der Waals surface area contributed by atoms with Crippen molar-refractivity contribution in [2.75, 3.05) is 52.4 Å². The molecule has 1 saturated heterocycles. The van der Waals surface area contributed by atoms with Crippen molar-refractivity contribution in [3.63, 3.8) is 0 Å². The molecule has 1 fully saturated rings. The van der Waals surface area contributed by atoms with Crippen molar-refractivity contribution in [1.82, 2.24) is 19.6 Å². The second kappa shape index (κ2) is 20.2. The smallest absolute Gasteiger partial charge is 0.323 e. The summed E-state index contributed by atoms with van der Waals surface area (Å²) >= 11 is 0. The van der Waals surface area contributed by atoms with Crippen LogP contribution in [-0.4, -0.2) is 119 Å². The number of hydrogen-bond donors (Lipinski definition) is 0. The molecule has 0 spiro atoms. The van der Waals surface area contributed by atoms with E-state index in [1.54, 1.807) is 6.92 Å². The molecule has 0 N–H and O–H groups in total. The molecular weight excluding hydrogens is 640 g/mol. The number of ether oxygens (including phenoxy) is 2. The van der Waals surface area contributed by atoms with Gasteiger partial charge in [-0.1, -0.05) is 72.6 Å². The standard InChI is InChI=1S/C42H74N4O5/c1-14-18-35(38(48)50-41(8,9)10)44-24-22-43(31-33-20-17-21-34(30-33)32(4)47)23-25-46(37(16-3)40(5,6)7)29-28-45(27-26-44)36(19-15-2)39(49)51-42(11,12)13/h17,20-21,30,35-37H,14-16,18-19,22-29,31H2,1-13H3. The van der Waals surface area contributed by atoms with Gasteiger partial charge in [0.2, 0.25) is 0 Å². The highest BCUT2D eigenvalue weighted by atomic mass is 16.6. The van der Waals surface area contributed by atoms with E-state index in [0.29, 0.717) is 45.1 Å². The van der Waals surface area contributed by atoms with Crippen molar-refractivity contribution in [2.24, 2.45) is 5.41 Å². The van der Waals surface area contributed by atoms with Crippen LogP contribution in [0.5, 0.6) is 0 Å². The van der Waals surface area contributed by atoms with Gasteiger partial charge in [0.15, 0.2) is 5.78 Å². The molecule has 0 saturated carbocycles. The highest BCUT2D eigenvalue weighted by molar-refractivity contribution is 5.94. The van der Waals surface area contributed by atoms with Crippen molar-refractivity contribution in [3.05, 3.63) is 35.4 Å². The number of Topliss-reactive ketones (excluding diaryl/α,β-unsaturated/α-hetero) is 1. The van der Waals surface area contributed by atoms with E-state index in [1.165, 1.54) is 0 Å². The zero-order valence-corrected chi connectivity index (χ0v) is 34.8. The van der Waals surface area contributed by atoms with Gasteiger partial charge in [0.25, 0.3) is 0 Å². The first kappa shape index (κ1) is 44.8. The van der Waals surface area contributed by atoms with Gasteiger partial charge >= 0.3 is 11.9 Å². The molecule has 9 nitrogen and oxygen atoms in total. The number of carbonyl (C=O) groups is 3. The summed E-state index contributed by atoms with van der Waals surface area (Å²) in [4.78, 5) is 49.6. The van der Waals surface area contributed by atoms with Crippen LogP contribution in [0.3, 0.4) is 0 Å². The summed E-state index contributed by atoms with van der Waals surface area (Å²) in [6, 6.07) is 7.56. The Morgan fingerprint density at radius 2 is 1.10 bits per heavy atom. The van der Waals surface area contributed by atoms with Gasteiger partial charge < -0.3 is 9.47 Å². The molecule has 292 valence electrons. The zero-order valence-electron chi connectivity index (χ0n) is 34.8. The highest BCUT2D eigenvalue weighted by Crippen LogP contribution is 2.28. The lowest BCUT2D eigenvalue weighted by Crippen LogP contribution is -2.55. The van der Waals surface area contributed by atoms with Gasteiger partial charge in [-0.15, -0.1) is 0 Å².